The molecule has 0 saturated carbocycles. The van der Waals surface area contributed by atoms with Gasteiger partial charge in [0.15, 0.2) is 0 Å². The van der Waals surface area contributed by atoms with E-state index in [2.05, 4.69) is 9.83 Å². The summed E-state index contributed by atoms with van der Waals surface area (Å²) in [6.45, 7) is 0.0718. The Morgan fingerprint density at radius 1 is 0.677 bits per heavy atom. The van der Waals surface area contributed by atoms with Crippen molar-refractivity contribution in [3.8, 4) is 0 Å². The molecule has 170 valence electrons. The first-order chi connectivity index (χ1) is 14.8. The number of rotatable bonds is 14. The number of ketones is 2. The molecule has 0 N–H and O–H groups in total. The van der Waals surface area contributed by atoms with Crippen molar-refractivity contribution in [1.82, 2.24) is 10.1 Å². The molecule has 0 aliphatic carbocycles. The Balaban J connectivity index is 1.48. The normalized spacial score (nSPS) is 16.4. The molecule has 0 spiro atoms. The van der Waals surface area contributed by atoms with Gasteiger partial charge in [-0.3, -0.25) is 28.8 Å². The van der Waals surface area contributed by atoms with Crippen LogP contribution in [-0.4, -0.2) is 57.9 Å². The summed E-state index contributed by atoms with van der Waals surface area (Å²) >= 11 is 0. The lowest BCUT2D eigenvalue weighted by Crippen LogP contribution is -2.32. The van der Waals surface area contributed by atoms with Crippen LogP contribution in [-0.2, 0) is 48.3 Å². The quantitative estimate of drug-likeness (QED) is 0.122. The van der Waals surface area contributed by atoms with E-state index in [0.717, 1.165) is 0 Å². The molecule has 2 heterocycles. The van der Waals surface area contributed by atoms with Crippen LogP contribution in [0.15, 0.2) is 0 Å². The number of amides is 4. The van der Waals surface area contributed by atoms with Gasteiger partial charge in [-0.05, 0) is 19.3 Å². The maximum atomic E-state index is 11.8. The monoisotopic (exact) mass is 440 g/mol. The van der Waals surface area contributed by atoms with E-state index in [9.17, 15) is 33.6 Å². The Morgan fingerprint density at radius 2 is 1.19 bits per heavy atom. The second-order valence-corrected chi connectivity index (χ2v) is 7.09. The van der Waals surface area contributed by atoms with E-state index in [-0.39, 0.29) is 76.0 Å². The molecule has 0 unspecified atom stereocenters. The van der Waals surface area contributed by atoms with Crippen molar-refractivity contribution in [2.75, 3.05) is 6.61 Å². The van der Waals surface area contributed by atoms with Crippen molar-refractivity contribution in [2.24, 2.45) is 0 Å². The lowest BCUT2D eigenvalue weighted by atomic mass is 10.0. The van der Waals surface area contributed by atoms with Crippen molar-refractivity contribution < 1.29 is 48.3 Å². The summed E-state index contributed by atoms with van der Waals surface area (Å²) in [7, 11) is 0. The average Bonchev–Trinajstić information content (AvgIpc) is 3.20. The van der Waals surface area contributed by atoms with Crippen LogP contribution in [0.1, 0.15) is 70.6 Å². The molecule has 31 heavy (non-hydrogen) atoms. The molecule has 0 aromatic carbocycles. The van der Waals surface area contributed by atoms with E-state index in [1.165, 1.54) is 0 Å². The molecule has 2 rings (SSSR count). The fourth-order valence-corrected chi connectivity index (χ4v) is 2.84. The van der Waals surface area contributed by atoms with Crippen molar-refractivity contribution in [2.45, 2.75) is 70.6 Å². The van der Waals surface area contributed by atoms with Crippen molar-refractivity contribution >= 4 is 41.2 Å². The smallest absolute Gasteiger partial charge is 0.330 e. The zero-order valence-corrected chi connectivity index (χ0v) is 17.0. The van der Waals surface area contributed by atoms with Gasteiger partial charge in [0.1, 0.15) is 11.6 Å². The van der Waals surface area contributed by atoms with Crippen LogP contribution in [0.5, 0.6) is 0 Å². The highest BCUT2D eigenvalue weighted by Gasteiger charge is 2.33. The number of hydroxylamine groups is 4. The van der Waals surface area contributed by atoms with Gasteiger partial charge in [-0.2, -0.15) is 0 Å². The van der Waals surface area contributed by atoms with Gasteiger partial charge in [-0.15, -0.1) is 15.1 Å². The molecule has 0 aromatic rings. The van der Waals surface area contributed by atoms with Gasteiger partial charge in [0.25, 0.3) is 23.6 Å². The second kappa shape index (κ2) is 12.0. The van der Waals surface area contributed by atoms with Crippen LogP contribution in [0.4, 0.5) is 0 Å². The largest absolute Gasteiger partial charge is 0.333 e. The summed E-state index contributed by atoms with van der Waals surface area (Å²) in [5.41, 5.74) is 0. The first-order valence-electron chi connectivity index (χ1n) is 10.0. The molecule has 0 atom stereocenters. The maximum Gasteiger partial charge on any atom is 0.333 e. The number of imide groups is 2. The van der Waals surface area contributed by atoms with E-state index >= 15 is 0 Å². The minimum Gasteiger partial charge on any atom is -0.330 e. The van der Waals surface area contributed by atoms with E-state index in [1.54, 1.807) is 0 Å². The average molecular weight is 440 g/mol. The predicted octanol–water partition coefficient (Wildman–Crippen LogP) is 0.475. The topological polar surface area (TPSA) is 154 Å². The number of Topliss-reactive ketones (excluding diaryl/α,β-unsaturated/α-hetero) is 2. The summed E-state index contributed by atoms with van der Waals surface area (Å²) < 4.78 is 0. The Hall–Kier alpha value is -2.99. The molecule has 2 saturated heterocycles. The lowest BCUT2D eigenvalue weighted by molar-refractivity contribution is -0.393. The number of nitrogens with zero attached hydrogens (tertiary/aromatic N) is 2. The highest BCUT2D eigenvalue weighted by molar-refractivity contribution is 6.02. The molecule has 12 heteroatoms. The van der Waals surface area contributed by atoms with E-state index in [4.69, 9.17) is 4.89 Å². The summed E-state index contributed by atoms with van der Waals surface area (Å²) in [5.74, 6) is -3.45. The van der Waals surface area contributed by atoms with Crippen molar-refractivity contribution in [1.29, 1.82) is 0 Å². The Morgan fingerprint density at radius 3 is 1.77 bits per heavy atom. The van der Waals surface area contributed by atoms with Crippen LogP contribution < -0.4 is 0 Å². The Bertz CT molecular complexity index is 731. The zero-order valence-electron chi connectivity index (χ0n) is 17.0. The standard InChI is InChI=1S/C19H24N2O10/c22-13(4-1-2-11-29-31-21-17(26)9-10-18(21)27)12-14(23)5-3-6-19(28)30-20-15(24)7-8-16(20)25/h1-12H2. The van der Waals surface area contributed by atoms with Crippen molar-refractivity contribution in [3.63, 3.8) is 0 Å². The zero-order chi connectivity index (χ0) is 22.8. The first-order valence-corrected chi connectivity index (χ1v) is 10.0. The molecule has 2 aliphatic heterocycles. The molecule has 12 nitrogen and oxygen atoms in total. The highest BCUT2D eigenvalue weighted by atomic mass is 17.3. The van der Waals surface area contributed by atoms with E-state index in [0.29, 0.717) is 23.0 Å². The predicted molar refractivity (Wildman–Crippen MR) is 97.6 cm³/mol. The molecule has 0 bridgehead atoms. The number of hydrogen-bond acceptors (Lipinski definition) is 10. The highest BCUT2D eigenvalue weighted by Crippen LogP contribution is 2.14. The van der Waals surface area contributed by atoms with Gasteiger partial charge in [0, 0.05) is 44.9 Å². The summed E-state index contributed by atoms with van der Waals surface area (Å²) in [6.07, 6.45) is 0.913. The third-order valence-electron chi connectivity index (χ3n) is 4.50. The van der Waals surface area contributed by atoms with Crippen LogP contribution in [0.3, 0.4) is 0 Å². The van der Waals surface area contributed by atoms with Gasteiger partial charge in [0.05, 0.1) is 13.0 Å². The Labute approximate surface area is 177 Å². The maximum absolute atomic E-state index is 11.8. The van der Waals surface area contributed by atoms with Crippen LogP contribution >= 0.6 is 0 Å². The van der Waals surface area contributed by atoms with E-state index in [1.807, 2.05) is 0 Å². The molecule has 0 aromatic heterocycles. The number of hydrogen-bond donors (Lipinski definition) is 0. The minimum atomic E-state index is -0.790. The Kier molecular flexibility index (Phi) is 9.40. The molecular formula is C19H24N2O10. The van der Waals surface area contributed by atoms with E-state index < -0.39 is 29.6 Å². The van der Waals surface area contributed by atoms with Gasteiger partial charge in [-0.25, -0.2) is 9.68 Å². The van der Waals surface area contributed by atoms with Crippen molar-refractivity contribution in [3.05, 3.63) is 0 Å². The summed E-state index contributed by atoms with van der Waals surface area (Å²) in [4.78, 5) is 94.6. The second-order valence-electron chi connectivity index (χ2n) is 7.09. The molecule has 4 amide bonds. The fraction of sp³-hybridized carbons (Fsp3) is 0.632. The summed E-state index contributed by atoms with van der Waals surface area (Å²) in [6, 6.07) is 0. The van der Waals surface area contributed by atoms with Crippen LogP contribution in [0.2, 0.25) is 0 Å². The first kappa shape index (κ1) is 24.3. The number of carbonyl (C=O) groups excluding carboxylic acids is 7. The molecule has 2 aliphatic rings. The molecule has 0 radical (unpaired) electrons. The molecule has 2 fully saturated rings. The number of unbranched alkanes of at least 4 members (excludes halogenated alkanes) is 1. The minimum absolute atomic E-state index is 0.00240. The third kappa shape index (κ3) is 7.98. The number of carbonyl (C=O) groups is 7. The SMILES string of the molecule is O=C(CCCCOON1C(=O)CCC1=O)CC(=O)CCCC(=O)ON1C(=O)CCC1=O. The third-order valence-corrected chi connectivity index (χ3v) is 4.50. The van der Waals surface area contributed by atoms with Gasteiger partial charge < -0.3 is 4.84 Å². The summed E-state index contributed by atoms with van der Waals surface area (Å²) in [5, 5.41) is 1.02. The van der Waals surface area contributed by atoms with Crippen LogP contribution in [0.25, 0.3) is 0 Å². The van der Waals surface area contributed by atoms with Gasteiger partial charge in [-0.1, -0.05) is 0 Å². The fourth-order valence-electron chi connectivity index (χ4n) is 2.84. The van der Waals surface area contributed by atoms with Gasteiger partial charge >= 0.3 is 5.97 Å². The van der Waals surface area contributed by atoms with Crippen LogP contribution in [0, 0.1) is 0 Å². The lowest BCUT2D eigenvalue weighted by Gasteiger charge is -2.12. The van der Waals surface area contributed by atoms with Gasteiger partial charge in [0.2, 0.25) is 0 Å². The molecular weight excluding hydrogens is 416 g/mol.